The highest BCUT2D eigenvalue weighted by Crippen LogP contribution is 2.00. The molecule has 0 atom stereocenters. The van der Waals surface area contributed by atoms with Crippen LogP contribution in [0, 0.1) is 0 Å². The zero-order valence-corrected chi connectivity index (χ0v) is 9.87. The Morgan fingerprint density at radius 2 is 1.62 bits per heavy atom. The fraction of sp³-hybridized carbons (Fsp3) is 0.833. The minimum atomic E-state index is -5.06. The first-order valence-electron chi connectivity index (χ1n) is 4.10. The fourth-order valence-electron chi connectivity index (χ4n) is 0.592. The summed E-state index contributed by atoms with van der Waals surface area (Å²) in [7, 11) is -9.62. The molecule has 1 N–H and O–H groups in total. The van der Waals surface area contributed by atoms with Crippen molar-refractivity contribution in [3.8, 4) is 0 Å². The molecule has 1 saturated heterocycles. The Morgan fingerprint density at radius 3 is 1.88 bits per heavy atom. The Kier molecular flexibility index (Phi) is 6.67. The van der Waals surface area contributed by atoms with Gasteiger partial charge in [0.1, 0.15) is 13.1 Å². The van der Waals surface area contributed by atoms with Crippen molar-refractivity contribution in [2.75, 3.05) is 25.8 Å². The minimum absolute atomic E-state index is 0.253. The average Bonchev–Trinajstić information content (AvgIpc) is 2.70. The van der Waals surface area contributed by atoms with E-state index in [2.05, 4.69) is 0 Å². The van der Waals surface area contributed by atoms with E-state index in [1.165, 1.54) is 0 Å². The smallest absolute Gasteiger partial charge is 0.353 e. The normalized spacial score (nSPS) is 16.3. The van der Waals surface area contributed by atoms with E-state index in [0.717, 1.165) is 13.2 Å². The third-order valence-corrected chi connectivity index (χ3v) is 5.15. The molecule has 0 saturated carbocycles. The maximum absolute atomic E-state index is 10.4. The summed E-state index contributed by atoms with van der Waals surface area (Å²) < 4.78 is 58.3. The van der Waals surface area contributed by atoms with E-state index >= 15 is 0 Å². The molecule has 1 rings (SSSR count). The number of hydrogen-bond acceptors (Lipinski definition) is 7. The van der Waals surface area contributed by atoms with E-state index in [-0.39, 0.29) is 6.29 Å². The highest BCUT2D eigenvalue weighted by atomic mass is 33.2. The molecule has 0 bridgehead atoms. The maximum Gasteiger partial charge on any atom is 0.372 e. The van der Waals surface area contributed by atoms with E-state index in [1.807, 2.05) is 0 Å². The van der Waals surface area contributed by atoms with Crippen molar-refractivity contribution in [2.45, 2.75) is 6.42 Å². The molecule has 0 aromatic carbocycles. The van der Waals surface area contributed by atoms with Gasteiger partial charge in [0, 0.05) is 6.42 Å². The van der Waals surface area contributed by atoms with Gasteiger partial charge in [-0.2, -0.15) is 8.42 Å². The Morgan fingerprint density at radius 1 is 1.12 bits per heavy atom. The Labute approximate surface area is 92.6 Å². The van der Waals surface area contributed by atoms with Crippen molar-refractivity contribution in [2.24, 2.45) is 0 Å². The second kappa shape index (κ2) is 6.91. The Hall–Kier alpha value is -0.550. The molecular weight excluding hydrogens is 264 g/mol. The van der Waals surface area contributed by atoms with E-state index in [0.29, 0.717) is 6.79 Å². The summed E-state index contributed by atoms with van der Waals surface area (Å²) in [6.07, 6.45) is -0.190. The first-order chi connectivity index (χ1) is 7.31. The molecule has 0 aromatic rings. The quantitative estimate of drug-likeness (QED) is 0.385. The zero-order chi connectivity index (χ0) is 12.7. The standard InChI is InChI=1S/C3H6O6S2.C3H6O2/c4-2-1-3-10(5,6)11(7,8)9;1-2-5-3-4-1/h2H,1,3H2,(H,7,8,9);1-3H2. The van der Waals surface area contributed by atoms with Crippen LogP contribution >= 0.6 is 0 Å². The Bertz CT molecular complexity index is 383. The van der Waals surface area contributed by atoms with Crippen molar-refractivity contribution in [1.82, 2.24) is 0 Å². The number of aldehydes is 1. The van der Waals surface area contributed by atoms with Crippen molar-refractivity contribution in [3.05, 3.63) is 0 Å². The van der Waals surface area contributed by atoms with E-state index in [4.69, 9.17) is 14.0 Å². The van der Waals surface area contributed by atoms with Gasteiger partial charge in [-0.1, -0.05) is 0 Å². The summed E-state index contributed by atoms with van der Waals surface area (Å²) in [5.41, 5.74) is 0. The summed E-state index contributed by atoms with van der Waals surface area (Å²) in [4.78, 5) is 9.64. The number of carbonyl (C=O) groups is 1. The summed E-state index contributed by atoms with van der Waals surface area (Å²) in [6, 6.07) is 0. The van der Waals surface area contributed by atoms with Crippen LogP contribution in [0.15, 0.2) is 0 Å². The van der Waals surface area contributed by atoms with Gasteiger partial charge in [-0.05, 0) is 0 Å². The molecule has 0 unspecified atom stereocenters. The van der Waals surface area contributed by atoms with Crippen LogP contribution in [0.1, 0.15) is 6.42 Å². The van der Waals surface area contributed by atoms with Gasteiger partial charge >= 0.3 is 9.15 Å². The topological polar surface area (TPSA) is 124 Å². The molecule has 0 aromatic heterocycles. The van der Waals surface area contributed by atoms with Crippen molar-refractivity contribution in [1.29, 1.82) is 0 Å². The second-order valence-electron chi connectivity index (χ2n) is 2.58. The fourth-order valence-corrected chi connectivity index (χ4v) is 2.11. The molecule has 10 heteroatoms. The van der Waals surface area contributed by atoms with Crippen LogP contribution in [-0.4, -0.2) is 53.4 Å². The number of carbonyl (C=O) groups excluding carboxylic acids is 1. The summed E-state index contributed by atoms with van der Waals surface area (Å²) in [5, 5.41) is 0. The second-order valence-corrected chi connectivity index (χ2v) is 7.75. The van der Waals surface area contributed by atoms with Crippen LogP contribution < -0.4 is 0 Å². The highest BCUT2D eigenvalue weighted by molar-refractivity contribution is 8.64. The van der Waals surface area contributed by atoms with Gasteiger partial charge in [0.25, 0.3) is 8.87 Å². The van der Waals surface area contributed by atoms with Crippen LogP contribution in [0.25, 0.3) is 0 Å². The molecule has 1 aliphatic heterocycles. The first-order valence-corrected chi connectivity index (χ1v) is 7.71. The van der Waals surface area contributed by atoms with Gasteiger partial charge in [0.2, 0.25) is 0 Å². The molecule has 96 valence electrons. The molecule has 0 aliphatic carbocycles. The van der Waals surface area contributed by atoms with Crippen molar-refractivity contribution in [3.63, 3.8) is 0 Å². The summed E-state index contributed by atoms with van der Waals surface area (Å²) in [6.45, 7) is 2.06. The van der Waals surface area contributed by atoms with Crippen LogP contribution in [0.5, 0.6) is 0 Å². The van der Waals surface area contributed by atoms with E-state index in [9.17, 15) is 21.6 Å². The monoisotopic (exact) mass is 276 g/mol. The van der Waals surface area contributed by atoms with Crippen LogP contribution in [0.3, 0.4) is 0 Å². The first kappa shape index (κ1) is 15.4. The third kappa shape index (κ3) is 6.12. The minimum Gasteiger partial charge on any atom is -0.353 e. The molecule has 0 radical (unpaired) electrons. The molecule has 1 heterocycles. The lowest BCUT2D eigenvalue weighted by Crippen LogP contribution is -2.17. The van der Waals surface area contributed by atoms with Crippen LogP contribution in [-0.2, 0) is 32.3 Å². The van der Waals surface area contributed by atoms with Gasteiger partial charge in [-0.3, -0.25) is 4.55 Å². The molecule has 8 nitrogen and oxygen atoms in total. The van der Waals surface area contributed by atoms with Crippen LogP contribution in [0.4, 0.5) is 0 Å². The summed E-state index contributed by atoms with van der Waals surface area (Å²) >= 11 is 0. The highest BCUT2D eigenvalue weighted by Gasteiger charge is 2.25. The third-order valence-electron chi connectivity index (χ3n) is 1.35. The predicted molar refractivity (Wildman–Crippen MR) is 52.8 cm³/mol. The zero-order valence-electron chi connectivity index (χ0n) is 8.23. The van der Waals surface area contributed by atoms with Gasteiger partial charge in [0.05, 0.1) is 19.0 Å². The lowest BCUT2D eigenvalue weighted by Gasteiger charge is -1.94. The molecular formula is C6H12O8S2. The maximum atomic E-state index is 10.4. The largest absolute Gasteiger partial charge is 0.372 e. The van der Waals surface area contributed by atoms with Gasteiger partial charge < -0.3 is 14.3 Å². The number of rotatable bonds is 4. The summed E-state index contributed by atoms with van der Waals surface area (Å²) in [5.74, 6) is -0.880. The number of hydrogen-bond donors (Lipinski definition) is 1. The Balaban J connectivity index is 0.000000368. The molecule has 0 spiro atoms. The molecule has 1 fully saturated rings. The van der Waals surface area contributed by atoms with Gasteiger partial charge in [-0.25, -0.2) is 8.42 Å². The molecule has 0 amide bonds. The SMILES string of the molecule is C1COCO1.O=CCCS(=O)(=O)S(=O)(=O)O. The van der Waals surface area contributed by atoms with Crippen molar-refractivity contribution >= 4 is 24.3 Å². The van der Waals surface area contributed by atoms with Crippen molar-refractivity contribution < 1.29 is 35.7 Å². The average molecular weight is 276 g/mol. The predicted octanol–water partition coefficient (Wildman–Crippen LogP) is -1.22. The number of ether oxygens (including phenoxy) is 2. The van der Waals surface area contributed by atoms with Gasteiger partial charge in [0.15, 0.2) is 0 Å². The van der Waals surface area contributed by atoms with E-state index in [1.54, 1.807) is 0 Å². The lowest BCUT2D eigenvalue weighted by atomic mass is 10.6. The lowest BCUT2D eigenvalue weighted by molar-refractivity contribution is -0.107. The molecule has 1 aliphatic rings. The van der Waals surface area contributed by atoms with Gasteiger partial charge in [-0.15, -0.1) is 0 Å². The van der Waals surface area contributed by atoms with Crippen LogP contribution in [0.2, 0.25) is 0 Å². The van der Waals surface area contributed by atoms with E-state index < -0.39 is 30.2 Å². The molecule has 16 heavy (non-hydrogen) atoms.